The average molecular weight is 341 g/mol. The zero-order valence-electron chi connectivity index (χ0n) is 15.0. The molecule has 0 unspecified atom stereocenters. The Morgan fingerprint density at radius 1 is 0.769 bits per heavy atom. The fraction of sp³-hybridized carbons (Fsp3) is 0.125. The molecule has 0 saturated carbocycles. The molecule has 0 fully saturated rings. The highest BCUT2D eigenvalue weighted by molar-refractivity contribution is 5.91. The molecule has 0 aliphatic rings. The normalized spacial score (nSPS) is 10.8. The van der Waals surface area contributed by atoms with E-state index < -0.39 is 0 Å². The first-order chi connectivity index (χ1) is 12.7. The summed E-state index contributed by atoms with van der Waals surface area (Å²) in [6.07, 6.45) is 3.54. The van der Waals surface area contributed by atoms with Gasteiger partial charge in [-0.2, -0.15) is 0 Å². The van der Waals surface area contributed by atoms with Crippen molar-refractivity contribution in [3.63, 3.8) is 0 Å². The average Bonchev–Trinajstić information content (AvgIpc) is 2.68. The van der Waals surface area contributed by atoms with Crippen LogP contribution >= 0.6 is 0 Å². The summed E-state index contributed by atoms with van der Waals surface area (Å²) in [6, 6.07) is 28.3. The van der Waals surface area contributed by atoms with Crippen molar-refractivity contribution in [3.05, 3.63) is 113 Å². The van der Waals surface area contributed by atoms with Crippen molar-refractivity contribution in [2.75, 3.05) is 0 Å². The van der Waals surface area contributed by atoms with Crippen molar-refractivity contribution < 1.29 is 4.79 Å². The number of nitrogens with zero attached hydrogens (tertiary/aromatic N) is 1. The summed E-state index contributed by atoms with van der Waals surface area (Å²) < 4.78 is 0. The smallest absolute Gasteiger partial charge is 0.247 e. The number of hydrogen-bond acceptors (Lipinski definition) is 1. The van der Waals surface area contributed by atoms with E-state index in [9.17, 15) is 4.79 Å². The first-order valence-corrected chi connectivity index (χ1v) is 8.82. The molecule has 26 heavy (non-hydrogen) atoms. The Morgan fingerprint density at radius 2 is 1.27 bits per heavy atom. The van der Waals surface area contributed by atoms with Gasteiger partial charge in [0.05, 0.1) is 0 Å². The van der Waals surface area contributed by atoms with Gasteiger partial charge in [0, 0.05) is 19.2 Å². The van der Waals surface area contributed by atoms with E-state index in [0.29, 0.717) is 13.1 Å². The minimum Gasteiger partial charge on any atom is -0.331 e. The third-order valence-electron chi connectivity index (χ3n) is 4.24. The van der Waals surface area contributed by atoms with Crippen molar-refractivity contribution >= 4 is 12.0 Å². The van der Waals surface area contributed by atoms with Crippen LogP contribution in [0.2, 0.25) is 0 Å². The number of amides is 1. The molecule has 3 rings (SSSR count). The molecule has 0 saturated heterocycles. The Bertz CT molecular complexity index is 810. The van der Waals surface area contributed by atoms with Gasteiger partial charge in [0.25, 0.3) is 0 Å². The number of hydrogen-bond donors (Lipinski definition) is 0. The van der Waals surface area contributed by atoms with Crippen molar-refractivity contribution in [3.8, 4) is 0 Å². The Kier molecular flexibility index (Phi) is 6.00. The summed E-state index contributed by atoms with van der Waals surface area (Å²) in [4.78, 5) is 14.7. The molecule has 0 N–H and O–H groups in total. The SMILES string of the molecule is Cc1ccc(C=CC(=O)N(Cc2ccccc2)Cc2ccccc2)cc1. The molecule has 2 heteroatoms. The first kappa shape index (κ1) is 17.7. The topological polar surface area (TPSA) is 20.3 Å². The van der Waals surface area contributed by atoms with E-state index in [1.165, 1.54) is 5.56 Å². The van der Waals surface area contributed by atoms with Gasteiger partial charge in [-0.1, -0.05) is 90.5 Å². The summed E-state index contributed by atoms with van der Waals surface area (Å²) in [6.45, 7) is 3.24. The molecular weight excluding hydrogens is 318 g/mol. The third kappa shape index (κ3) is 5.18. The predicted octanol–water partition coefficient (Wildman–Crippen LogP) is 5.24. The van der Waals surface area contributed by atoms with E-state index in [4.69, 9.17) is 0 Å². The molecule has 0 spiro atoms. The summed E-state index contributed by atoms with van der Waals surface area (Å²) >= 11 is 0. The molecule has 0 heterocycles. The maximum absolute atomic E-state index is 12.8. The molecule has 0 aliphatic heterocycles. The van der Waals surface area contributed by atoms with Crippen molar-refractivity contribution in [1.29, 1.82) is 0 Å². The number of aryl methyl sites for hydroxylation is 1. The van der Waals surface area contributed by atoms with Crippen LogP contribution in [0.5, 0.6) is 0 Å². The van der Waals surface area contributed by atoms with Gasteiger partial charge in [0.15, 0.2) is 0 Å². The van der Waals surface area contributed by atoms with Gasteiger partial charge in [-0.3, -0.25) is 4.79 Å². The van der Waals surface area contributed by atoms with Crippen LogP contribution in [0.3, 0.4) is 0 Å². The lowest BCUT2D eigenvalue weighted by Crippen LogP contribution is -2.28. The number of carbonyl (C=O) groups excluding carboxylic acids is 1. The van der Waals surface area contributed by atoms with Crippen LogP contribution in [-0.4, -0.2) is 10.8 Å². The van der Waals surface area contributed by atoms with E-state index in [-0.39, 0.29) is 5.91 Å². The van der Waals surface area contributed by atoms with E-state index in [0.717, 1.165) is 16.7 Å². The monoisotopic (exact) mass is 341 g/mol. The molecule has 3 aromatic rings. The quantitative estimate of drug-likeness (QED) is 0.562. The second-order valence-electron chi connectivity index (χ2n) is 6.41. The highest BCUT2D eigenvalue weighted by Crippen LogP contribution is 2.12. The number of carbonyl (C=O) groups is 1. The second kappa shape index (κ2) is 8.82. The number of rotatable bonds is 6. The molecule has 130 valence electrons. The van der Waals surface area contributed by atoms with E-state index in [1.807, 2.05) is 59.5 Å². The summed E-state index contributed by atoms with van der Waals surface area (Å²) in [5, 5.41) is 0. The summed E-state index contributed by atoms with van der Waals surface area (Å²) in [5.41, 5.74) is 4.49. The highest BCUT2D eigenvalue weighted by Gasteiger charge is 2.12. The van der Waals surface area contributed by atoms with Gasteiger partial charge in [-0.15, -0.1) is 0 Å². The Labute approximate surface area is 155 Å². The maximum Gasteiger partial charge on any atom is 0.247 e. The Morgan fingerprint density at radius 3 is 1.77 bits per heavy atom. The molecule has 3 aromatic carbocycles. The lowest BCUT2D eigenvalue weighted by Gasteiger charge is -2.21. The van der Waals surface area contributed by atoms with Crippen molar-refractivity contribution in [2.45, 2.75) is 20.0 Å². The van der Waals surface area contributed by atoms with Crippen LogP contribution in [0.25, 0.3) is 6.08 Å². The maximum atomic E-state index is 12.8. The Hall–Kier alpha value is -3.13. The second-order valence-corrected chi connectivity index (χ2v) is 6.41. The van der Waals surface area contributed by atoms with E-state index in [1.54, 1.807) is 6.08 Å². The summed E-state index contributed by atoms with van der Waals surface area (Å²) in [7, 11) is 0. The molecular formula is C24H23NO. The molecule has 0 aliphatic carbocycles. The van der Waals surface area contributed by atoms with Gasteiger partial charge < -0.3 is 4.90 Å². The third-order valence-corrected chi connectivity index (χ3v) is 4.24. The van der Waals surface area contributed by atoms with Crippen LogP contribution in [0.15, 0.2) is 91.0 Å². The van der Waals surface area contributed by atoms with Crippen molar-refractivity contribution in [1.82, 2.24) is 4.90 Å². The summed E-state index contributed by atoms with van der Waals surface area (Å²) in [5.74, 6) is 0.0123. The molecule has 1 amide bonds. The number of benzene rings is 3. The molecule has 0 atom stereocenters. The van der Waals surface area contributed by atoms with Crippen LogP contribution in [0, 0.1) is 6.92 Å². The fourth-order valence-electron chi connectivity index (χ4n) is 2.77. The van der Waals surface area contributed by atoms with Gasteiger partial charge in [0.1, 0.15) is 0 Å². The van der Waals surface area contributed by atoms with Crippen LogP contribution in [-0.2, 0) is 17.9 Å². The minimum absolute atomic E-state index is 0.0123. The zero-order valence-corrected chi connectivity index (χ0v) is 15.0. The van der Waals surface area contributed by atoms with Crippen LogP contribution < -0.4 is 0 Å². The standard InChI is InChI=1S/C24H23NO/c1-20-12-14-21(15-13-20)16-17-24(26)25(18-22-8-4-2-5-9-22)19-23-10-6-3-7-11-23/h2-17H,18-19H2,1H3. The first-order valence-electron chi connectivity index (χ1n) is 8.82. The van der Waals surface area contributed by atoms with Crippen LogP contribution in [0.4, 0.5) is 0 Å². The Balaban J connectivity index is 1.76. The molecule has 0 aromatic heterocycles. The van der Waals surface area contributed by atoms with Crippen molar-refractivity contribution in [2.24, 2.45) is 0 Å². The zero-order chi connectivity index (χ0) is 18.2. The van der Waals surface area contributed by atoms with E-state index >= 15 is 0 Å². The fourth-order valence-corrected chi connectivity index (χ4v) is 2.77. The molecule has 0 bridgehead atoms. The molecule has 0 radical (unpaired) electrons. The van der Waals surface area contributed by atoms with Gasteiger partial charge in [-0.25, -0.2) is 0 Å². The predicted molar refractivity (Wildman–Crippen MR) is 107 cm³/mol. The van der Waals surface area contributed by atoms with Gasteiger partial charge in [0.2, 0.25) is 5.91 Å². The van der Waals surface area contributed by atoms with Gasteiger partial charge >= 0.3 is 0 Å². The lowest BCUT2D eigenvalue weighted by atomic mass is 10.1. The molecule has 2 nitrogen and oxygen atoms in total. The van der Waals surface area contributed by atoms with Gasteiger partial charge in [-0.05, 0) is 29.7 Å². The lowest BCUT2D eigenvalue weighted by molar-refractivity contribution is -0.127. The van der Waals surface area contributed by atoms with E-state index in [2.05, 4.69) is 43.3 Å². The van der Waals surface area contributed by atoms with Crippen LogP contribution in [0.1, 0.15) is 22.3 Å². The highest BCUT2D eigenvalue weighted by atomic mass is 16.2. The minimum atomic E-state index is 0.0123. The largest absolute Gasteiger partial charge is 0.331 e.